The van der Waals surface area contributed by atoms with E-state index in [9.17, 15) is 0 Å². The first-order valence-electron chi connectivity index (χ1n) is 8.87. The van der Waals surface area contributed by atoms with Crippen molar-refractivity contribution in [2.75, 3.05) is 10.8 Å². The fourth-order valence-electron chi connectivity index (χ4n) is 3.08. The number of aryl methyl sites for hydroxylation is 2. The molecule has 0 saturated carbocycles. The molecule has 138 valence electrons. The number of allylic oxidation sites excluding steroid dienone is 1. The van der Waals surface area contributed by atoms with Gasteiger partial charge in [-0.1, -0.05) is 30.3 Å². The topological polar surface area (TPSA) is 42.2 Å². The van der Waals surface area contributed by atoms with E-state index < -0.39 is 0 Å². The normalized spacial score (nSPS) is 13.9. The molecule has 27 heavy (non-hydrogen) atoms. The highest BCUT2D eigenvalue weighted by molar-refractivity contribution is 9.10. The van der Waals surface area contributed by atoms with E-state index in [0.29, 0.717) is 6.42 Å². The van der Waals surface area contributed by atoms with Gasteiger partial charge in [0.05, 0.1) is 18.5 Å². The van der Waals surface area contributed by atoms with E-state index in [0.717, 1.165) is 46.2 Å². The third kappa shape index (κ3) is 4.45. The van der Waals surface area contributed by atoms with Crippen LogP contribution in [0.4, 0.5) is 5.82 Å². The van der Waals surface area contributed by atoms with Crippen molar-refractivity contribution < 1.29 is 4.42 Å². The lowest BCUT2D eigenvalue weighted by atomic mass is 10.1. The number of thioether (sulfide) groups is 1. The van der Waals surface area contributed by atoms with Gasteiger partial charge in [-0.2, -0.15) is 0 Å². The van der Waals surface area contributed by atoms with Gasteiger partial charge in [-0.3, -0.25) is 0 Å². The summed E-state index contributed by atoms with van der Waals surface area (Å²) in [7, 11) is 0. The van der Waals surface area contributed by atoms with Gasteiger partial charge in [-0.05, 0) is 58.3 Å². The summed E-state index contributed by atoms with van der Waals surface area (Å²) in [5.41, 5.74) is 3.80. The number of anilines is 1. The third-order valence-corrected chi connectivity index (χ3v) is 6.05. The minimum absolute atomic E-state index is 0.647. The van der Waals surface area contributed by atoms with Crippen LogP contribution < -0.4 is 4.90 Å². The van der Waals surface area contributed by atoms with Crippen molar-refractivity contribution in [3.63, 3.8) is 0 Å². The molecule has 0 saturated heterocycles. The molecule has 0 N–H and O–H groups in total. The molecule has 0 aliphatic carbocycles. The summed E-state index contributed by atoms with van der Waals surface area (Å²) in [6.45, 7) is 1.91. The van der Waals surface area contributed by atoms with Crippen LogP contribution in [0.3, 0.4) is 0 Å². The predicted molar refractivity (Wildman–Crippen MR) is 114 cm³/mol. The third-order valence-electron chi connectivity index (χ3n) is 4.49. The Balaban J connectivity index is 1.50. The number of aromatic nitrogens is 2. The van der Waals surface area contributed by atoms with E-state index >= 15 is 0 Å². The first-order valence-corrected chi connectivity index (χ1v) is 10.7. The van der Waals surface area contributed by atoms with Crippen LogP contribution >= 0.6 is 27.7 Å². The van der Waals surface area contributed by atoms with Crippen LogP contribution in [0.15, 0.2) is 68.8 Å². The highest BCUT2D eigenvalue weighted by Crippen LogP contribution is 2.33. The Hall–Kier alpha value is -2.05. The van der Waals surface area contributed by atoms with Crippen LogP contribution in [0.5, 0.6) is 0 Å². The second-order valence-corrected chi connectivity index (χ2v) is 8.18. The highest BCUT2D eigenvalue weighted by atomic mass is 79.9. The van der Waals surface area contributed by atoms with Gasteiger partial charge in [-0.25, -0.2) is 9.97 Å². The lowest BCUT2D eigenvalue weighted by Gasteiger charge is -2.21. The lowest BCUT2D eigenvalue weighted by molar-refractivity contribution is 0.481. The highest BCUT2D eigenvalue weighted by Gasteiger charge is 2.20. The number of oxazole rings is 1. The van der Waals surface area contributed by atoms with Crippen LogP contribution in [0.1, 0.15) is 29.2 Å². The van der Waals surface area contributed by atoms with Gasteiger partial charge >= 0.3 is 0 Å². The van der Waals surface area contributed by atoms with Crippen LogP contribution in [-0.4, -0.2) is 15.8 Å². The number of nitrogens with zero attached hydrogens (tertiary/aromatic N) is 3. The van der Waals surface area contributed by atoms with Gasteiger partial charge in [-0.15, -0.1) is 11.8 Å². The SMILES string of the molecule is Cc1cnc(Cc2cc(N3CSC=C3CCc3ccccc3)ncc2Br)o1. The van der Waals surface area contributed by atoms with Crippen molar-refractivity contribution in [3.8, 4) is 0 Å². The maximum atomic E-state index is 5.64. The summed E-state index contributed by atoms with van der Waals surface area (Å²) in [6.07, 6.45) is 6.31. The van der Waals surface area contributed by atoms with Crippen molar-refractivity contribution in [1.29, 1.82) is 0 Å². The number of hydrogen-bond donors (Lipinski definition) is 0. The fourth-order valence-corrected chi connectivity index (χ4v) is 4.39. The molecule has 3 heterocycles. The molecule has 3 aromatic rings. The zero-order valence-electron chi connectivity index (χ0n) is 15.1. The van der Waals surface area contributed by atoms with Gasteiger partial charge < -0.3 is 9.32 Å². The van der Waals surface area contributed by atoms with Gasteiger partial charge in [0.15, 0.2) is 5.89 Å². The van der Waals surface area contributed by atoms with Gasteiger partial charge in [0.25, 0.3) is 0 Å². The van der Waals surface area contributed by atoms with E-state index in [-0.39, 0.29) is 0 Å². The molecular weight excluding hydrogens is 422 g/mol. The molecule has 0 amide bonds. The summed E-state index contributed by atoms with van der Waals surface area (Å²) in [5.74, 6) is 3.43. The average molecular weight is 442 g/mol. The van der Waals surface area contributed by atoms with Gasteiger partial charge in [0.2, 0.25) is 0 Å². The second kappa shape index (κ2) is 8.31. The maximum absolute atomic E-state index is 5.64. The summed E-state index contributed by atoms with van der Waals surface area (Å²) >= 11 is 5.43. The quantitative estimate of drug-likeness (QED) is 0.489. The second-order valence-electron chi connectivity index (χ2n) is 6.49. The van der Waals surface area contributed by atoms with Crippen LogP contribution in [0, 0.1) is 6.92 Å². The molecule has 1 aliphatic rings. The maximum Gasteiger partial charge on any atom is 0.198 e. The Morgan fingerprint density at radius 1 is 1.15 bits per heavy atom. The molecule has 4 rings (SSSR count). The Kier molecular flexibility index (Phi) is 5.64. The Labute approximate surface area is 171 Å². The molecule has 1 aliphatic heterocycles. The van der Waals surface area contributed by atoms with Crippen molar-refractivity contribution in [2.45, 2.75) is 26.2 Å². The van der Waals surface area contributed by atoms with Crippen molar-refractivity contribution >= 4 is 33.5 Å². The smallest absolute Gasteiger partial charge is 0.198 e. The molecule has 0 bridgehead atoms. The summed E-state index contributed by atoms with van der Waals surface area (Å²) in [6, 6.07) is 12.7. The Morgan fingerprint density at radius 3 is 2.78 bits per heavy atom. The lowest BCUT2D eigenvalue weighted by Crippen LogP contribution is -2.19. The number of pyridine rings is 1. The van der Waals surface area contributed by atoms with E-state index in [4.69, 9.17) is 4.42 Å². The molecule has 0 spiro atoms. The first-order chi connectivity index (χ1) is 13.2. The van der Waals surface area contributed by atoms with Crippen LogP contribution in [0.2, 0.25) is 0 Å². The number of hydrogen-bond acceptors (Lipinski definition) is 5. The van der Waals surface area contributed by atoms with E-state index in [1.165, 1.54) is 11.3 Å². The molecular formula is C21H20BrN3OS. The molecule has 2 aromatic heterocycles. The zero-order chi connectivity index (χ0) is 18.6. The van der Waals surface area contributed by atoms with Gasteiger partial charge in [0.1, 0.15) is 11.6 Å². The van der Waals surface area contributed by atoms with Gasteiger partial charge in [0, 0.05) is 16.4 Å². The summed E-state index contributed by atoms with van der Waals surface area (Å²) in [5, 5.41) is 2.25. The van der Waals surface area contributed by atoms with Crippen LogP contribution in [-0.2, 0) is 12.8 Å². The fraction of sp³-hybridized carbons (Fsp3) is 0.238. The van der Waals surface area contributed by atoms with E-state index in [2.05, 4.69) is 72.6 Å². The molecule has 0 unspecified atom stereocenters. The largest absolute Gasteiger partial charge is 0.446 e. The molecule has 0 atom stereocenters. The average Bonchev–Trinajstić information content (AvgIpc) is 3.31. The number of benzene rings is 1. The Morgan fingerprint density at radius 2 is 2.00 bits per heavy atom. The van der Waals surface area contributed by atoms with Crippen molar-refractivity contribution in [3.05, 3.63) is 87.1 Å². The molecule has 0 fully saturated rings. The zero-order valence-corrected chi connectivity index (χ0v) is 17.5. The molecule has 6 heteroatoms. The summed E-state index contributed by atoms with van der Waals surface area (Å²) in [4.78, 5) is 11.3. The molecule has 1 aromatic carbocycles. The standard InChI is InChI=1S/C21H20BrN3OS/c1-15-11-24-21(26-15)10-17-9-20(23-12-19(17)22)25-14-27-13-18(25)8-7-16-5-3-2-4-6-16/h2-6,9,11-13H,7-8,10,14H2,1H3. The Bertz CT molecular complexity index is 955. The molecule has 0 radical (unpaired) electrons. The van der Waals surface area contributed by atoms with Crippen molar-refractivity contribution in [1.82, 2.24) is 9.97 Å². The molecule has 4 nitrogen and oxygen atoms in total. The minimum atomic E-state index is 0.647. The van der Waals surface area contributed by atoms with Crippen molar-refractivity contribution in [2.24, 2.45) is 0 Å². The first kappa shape index (κ1) is 18.3. The summed E-state index contributed by atoms with van der Waals surface area (Å²) < 4.78 is 6.61. The number of rotatable bonds is 6. The minimum Gasteiger partial charge on any atom is -0.446 e. The van der Waals surface area contributed by atoms with E-state index in [1.54, 1.807) is 6.20 Å². The monoisotopic (exact) mass is 441 g/mol. The predicted octanol–water partition coefficient (Wildman–Crippen LogP) is 5.72. The number of halogens is 1. The van der Waals surface area contributed by atoms with Crippen LogP contribution in [0.25, 0.3) is 0 Å². The van der Waals surface area contributed by atoms with E-state index in [1.807, 2.05) is 24.9 Å².